The first-order chi connectivity index (χ1) is 40.8. The number of hydrogen-bond acceptors (Lipinski definition) is 15. The lowest BCUT2D eigenvalue weighted by atomic mass is 10.1. The van der Waals surface area contributed by atoms with E-state index in [9.17, 15) is 23.2 Å². The molecule has 0 fully saturated rings. The summed E-state index contributed by atoms with van der Waals surface area (Å²) in [5.41, 5.74) is 32.4. The Bertz CT molecular complexity index is 4110. The SMILES string of the molecule is CP(C)C.NC(=O)C1=CCc2ncccc21.NCc1coc(C2=CCc3ncccc32)n1.O=C(CCc1coc(C2=CCc3ncccc32)n1)c1cccn(Cc2ccc(F)c(F)c2)c1=O.[N-]=[N+]=NCc1coc(C2=CCc3ncccc32)n1. The molecule has 4 aliphatic carbocycles. The van der Waals surface area contributed by atoms with E-state index in [1.54, 1.807) is 43.2 Å². The molecule has 4 aliphatic rings. The van der Waals surface area contributed by atoms with Crippen molar-refractivity contribution in [2.24, 2.45) is 16.6 Å². The first-order valence-corrected chi connectivity index (χ1v) is 29.2. The molecule has 0 aliphatic heterocycles. The zero-order chi connectivity index (χ0) is 59.1. The monoisotopic (exact) mass is 1150 g/mol. The van der Waals surface area contributed by atoms with E-state index >= 15 is 0 Å². The van der Waals surface area contributed by atoms with Crippen LogP contribution in [0, 0.1) is 11.6 Å². The molecule has 22 heteroatoms. The number of aryl methyl sites for hydroxylation is 1. The fourth-order valence-electron chi connectivity index (χ4n) is 9.22. The first-order valence-electron chi connectivity index (χ1n) is 26.5. The van der Waals surface area contributed by atoms with E-state index in [2.05, 4.69) is 71.0 Å². The Balaban J connectivity index is 0.000000142. The fraction of sp³-hybridized carbons (Fsp3) is 0.194. The molecule has 0 spiro atoms. The predicted octanol–water partition coefficient (Wildman–Crippen LogP) is 10.6. The molecule has 8 aromatic heterocycles. The number of halogens is 2. The molecule has 424 valence electrons. The number of amides is 1. The Morgan fingerprint density at radius 1 is 0.655 bits per heavy atom. The van der Waals surface area contributed by atoms with Gasteiger partial charge in [-0.15, -0.1) is 7.92 Å². The minimum Gasteiger partial charge on any atom is -0.444 e. The summed E-state index contributed by atoms with van der Waals surface area (Å²) in [7, 11) is 0.380. The topological polar surface area (TPSA) is 287 Å². The molecule has 0 unspecified atom stereocenters. The maximum atomic E-state index is 13.5. The highest BCUT2D eigenvalue weighted by Crippen LogP contribution is 2.34. The smallest absolute Gasteiger partial charge is 0.261 e. The molecule has 19 nitrogen and oxygen atoms in total. The number of pyridine rings is 5. The van der Waals surface area contributed by atoms with Crippen LogP contribution in [0.3, 0.4) is 0 Å². The van der Waals surface area contributed by atoms with E-state index in [0.29, 0.717) is 73.9 Å². The molecule has 84 heavy (non-hydrogen) atoms. The highest BCUT2D eigenvalue weighted by Gasteiger charge is 2.24. The molecule has 1 amide bonds. The molecule has 9 aromatic rings. The molecule has 0 bridgehead atoms. The standard InChI is InChI=1S/C26H19F2N3O3.C12H9N5O.C12H11N3O.C9H8N2O.C3H9P/c27-21-8-5-16(13-22(21)28)14-31-12-2-4-20(26(31)33)24(32)10-6-17-15-34-25(30-17)19-7-9-23-18(19)3-1-11-29-23;13-17-15-6-8-7-18-12(16-8)10-3-4-11-9(10)2-1-5-14-11;13-6-8-7-16-12(15-8)10-3-4-11-9(10)2-1-5-14-11;10-9(12)7-3-4-8-6(7)2-1-5-11-8;1-4(2)3/h1-5,7-8,11-13,15H,6,9-10,14H2;1-3,5,7H,4,6H2;1-3,5,7H,4,6,13H2;1-3,5H,4H2,(H2,10,12);1-3H3. The van der Waals surface area contributed by atoms with Crippen LogP contribution in [0.15, 0.2) is 176 Å². The van der Waals surface area contributed by atoms with Crippen LogP contribution in [0.25, 0.3) is 32.7 Å². The van der Waals surface area contributed by atoms with Crippen molar-refractivity contribution in [1.29, 1.82) is 0 Å². The summed E-state index contributed by atoms with van der Waals surface area (Å²) in [6.45, 7) is 7.32. The number of allylic oxidation sites excluding steroid dienone is 4. The maximum absolute atomic E-state index is 13.5. The number of rotatable bonds is 13. The number of carbonyl (C=O) groups excluding carboxylic acids is 2. The zero-order valence-corrected chi connectivity index (χ0v) is 46.9. The highest BCUT2D eigenvalue weighted by atomic mass is 31.1. The Labute approximate surface area is 482 Å². The highest BCUT2D eigenvalue weighted by molar-refractivity contribution is 7.55. The number of azide groups is 1. The van der Waals surface area contributed by atoms with Gasteiger partial charge in [0.2, 0.25) is 23.6 Å². The molecule has 4 N–H and O–H groups in total. The van der Waals surface area contributed by atoms with Crippen LogP contribution in [0.1, 0.15) is 102 Å². The number of carbonyl (C=O) groups is 2. The third-order valence-electron chi connectivity index (χ3n) is 13.1. The fourth-order valence-corrected chi connectivity index (χ4v) is 9.22. The number of primary amides is 1. The number of benzene rings is 1. The van der Waals surface area contributed by atoms with Crippen LogP contribution in [0.5, 0.6) is 0 Å². The lowest BCUT2D eigenvalue weighted by Crippen LogP contribution is -2.26. The summed E-state index contributed by atoms with van der Waals surface area (Å²) in [5.74, 6) is -0.996. The van der Waals surface area contributed by atoms with Gasteiger partial charge in [0, 0.05) is 126 Å². The Morgan fingerprint density at radius 3 is 1.63 bits per heavy atom. The minimum absolute atomic E-state index is 0.0231. The third-order valence-corrected chi connectivity index (χ3v) is 13.1. The van der Waals surface area contributed by atoms with Gasteiger partial charge in [-0.3, -0.25) is 34.3 Å². The Hall–Kier alpha value is -9.94. The van der Waals surface area contributed by atoms with Crippen LogP contribution in [-0.2, 0) is 56.5 Å². The Kier molecular flexibility index (Phi) is 19.3. The normalized spacial score (nSPS) is 12.8. The number of nitrogens with two attached hydrogens (primary N) is 2. The molecular weight excluding hydrogens is 1090 g/mol. The van der Waals surface area contributed by atoms with Crippen molar-refractivity contribution in [1.82, 2.24) is 39.5 Å². The van der Waals surface area contributed by atoms with Gasteiger partial charge in [-0.05, 0) is 79.6 Å². The van der Waals surface area contributed by atoms with Crippen molar-refractivity contribution in [3.05, 3.63) is 276 Å². The largest absolute Gasteiger partial charge is 0.444 e. The predicted molar refractivity (Wildman–Crippen MR) is 314 cm³/mol. The van der Waals surface area contributed by atoms with Crippen LogP contribution < -0.4 is 17.0 Å². The summed E-state index contributed by atoms with van der Waals surface area (Å²) in [6, 6.07) is 21.8. The van der Waals surface area contributed by atoms with Crippen molar-refractivity contribution < 1.29 is 31.6 Å². The van der Waals surface area contributed by atoms with Crippen LogP contribution in [0.2, 0.25) is 0 Å². The summed E-state index contributed by atoms with van der Waals surface area (Å²) in [4.78, 5) is 69.4. The Morgan fingerprint density at radius 2 is 1.13 bits per heavy atom. The number of aromatic nitrogens is 8. The van der Waals surface area contributed by atoms with E-state index in [-0.39, 0.29) is 36.8 Å². The average Bonchev–Trinajstić information content (AvgIpc) is 4.56. The molecule has 0 atom stereocenters. The molecule has 1 aromatic carbocycles. The van der Waals surface area contributed by atoms with Gasteiger partial charge in [-0.25, -0.2) is 23.7 Å². The summed E-state index contributed by atoms with van der Waals surface area (Å²) in [5, 5.41) is 3.45. The number of oxazole rings is 3. The quantitative estimate of drug-likeness (QED) is 0.0357. The molecular formula is C62H56F2N13O6P. The van der Waals surface area contributed by atoms with E-state index in [4.69, 9.17) is 30.2 Å². The van der Waals surface area contributed by atoms with Crippen LogP contribution >= 0.6 is 7.92 Å². The van der Waals surface area contributed by atoms with Crippen LogP contribution in [-0.4, -0.2) is 71.1 Å². The van der Waals surface area contributed by atoms with Gasteiger partial charge in [0.1, 0.15) is 18.8 Å². The molecule has 0 saturated heterocycles. The van der Waals surface area contributed by atoms with Gasteiger partial charge in [0.25, 0.3) is 5.56 Å². The molecule has 0 saturated carbocycles. The summed E-state index contributed by atoms with van der Waals surface area (Å²) < 4.78 is 44.4. The maximum Gasteiger partial charge on any atom is 0.261 e. The molecule has 8 heterocycles. The number of nitrogens with zero attached hydrogens (tertiary/aromatic N) is 11. The van der Waals surface area contributed by atoms with E-state index in [0.717, 1.165) is 92.4 Å². The molecule has 0 radical (unpaired) electrons. The van der Waals surface area contributed by atoms with Gasteiger partial charge >= 0.3 is 0 Å². The minimum atomic E-state index is -0.988. The van der Waals surface area contributed by atoms with E-state index in [1.807, 2.05) is 60.7 Å². The van der Waals surface area contributed by atoms with Gasteiger partial charge in [0.05, 0.1) is 58.5 Å². The lowest BCUT2D eigenvalue weighted by Gasteiger charge is -2.08. The molecule has 13 rings (SSSR count). The second-order valence-electron chi connectivity index (χ2n) is 19.5. The summed E-state index contributed by atoms with van der Waals surface area (Å²) in [6.07, 6.45) is 24.6. The number of ketones is 1. The van der Waals surface area contributed by atoms with Gasteiger partial charge in [0.15, 0.2) is 17.4 Å². The zero-order valence-electron chi connectivity index (χ0n) is 46.0. The van der Waals surface area contributed by atoms with Crippen molar-refractivity contribution in [3.63, 3.8) is 0 Å². The van der Waals surface area contributed by atoms with Gasteiger partial charge < -0.3 is 29.3 Å². The van der Waals surface area contributed by atoms with Crippen molar-refractivity contribution >= 4 is 41.9 Å². The van der Waals surface area contributed by atoms with E-state index in [1.165, 1.54) is 35.4 Å². The average molecular weight is 1150 g/mol. The van der Waals surface area contributed by atoms with Crippen molar-refractivity contribution in [2.75, 3.05) is 20.0 Å². The van der Waals surface area contributed by atoms with Gasteiger partial charge in [-0.1, -0.05) is 59.8 Å². The van der Waals surface area contributed by atoms with Crippen LogP contribution in [0.4, 0.5) is 8.78 Å². The second-order valence-corrected chi connectivity index (χ2v) is 22.2. The van der Waals surface area contributed by atoms with Crippen molar-refractivity contribution in [2.45, 2.75) is 58.2 Å². The number of hydrogen-bond donors (Lipinski definition) is 2. The number of Topliss-reactive ketones (excluding diaryl/α,β-unsaturated/α-hetero) is 1. The van der Waals surface area contributed by atoms with Crippen molar-refractivity contribution in [3.8, 4) is 0 Å². The third kappa shape index (κ3) is 14.4. The number of fused-ring (bicyclic) bond motifs is 4. The summed E-state index contributed by atoms with van der Waals surface area (Å²) >= 11 is 0. The second kappa shape index (κ2) is 27.7. The first kappa shape index (κ1) is 58.7. The van der Waals surface area contributed by atoms with E-state index < -0.39 is 17.2 Å². The van der Waals surface area contributed by atoms with Gasteiger partial charge in [-0.2, -0.15) is 0 Å². The lowest BCUT2D eigenvalue weighted by molar-refractivity contribution is -0.112.